The van der Waals surface area contributed by atoms with Crippen LogP contribution in [0.25, 0.3) is 0 Å². The maximum absolute atomic E-state index is 11.3. The molecule has 0 aromatic rings. The Morgan fingerprint density at radius 1 is 0.157 bits per heavy atom. The second kappa shape index (κ2) is 43.6. The molecular formula is C68H120O40. The van der Waals surface area contributed by atoms with E-state index in [-0.39, 0.29) is 26.4 Å². The molecule has 30 saturated heterocycles. The molecule has 30 heterocycles. The first-order chi connectivity index (χ1) is 52.5. The van der Waals surface area contributed by atoms with Crippen LogP contribution in [0.4, 0.5) is 0 Å². The lowest BCUT2D eigenvalue weighted by Gasteiger charge is -2.53. The zero-order chi connectivity index (χ0) is 78.2. The van der Waals surface area contributed by atoms with Crippen molar-refractivity contribution >= 4 is 0 Å². The van der Waals surface area contributed by atoms with E-state index in [1.807, 2.05) is 0 Å². The molecule has 0 saturated carbocycles. The number of methoxy groups -OCH3 is 20. The number of aliphatic hydroxyl groups excluding tert-OH is 4. The average Bonchev–Trinajstić information content (AvgIpc) is 0.764. The van der Waals surface area contributed by atoms with E-state index < -0.39 is 272 Å². The number of aliphatic hydroxyl groups is 4. The van der Waals surface area contributed by atoms with Gasteiger partial charge < -0.3 is 191 Å². The van der Waals surface area contributed by atoms with E-state index >= 15 is 0 Å². The quantitative estimate of drug-likeness (QED) is 0.0575. The summed E-state index contributed by atoms with van der Waals surface area (Å²) in [6, 6.07) is 0. The Labute approximate surface area is 629 Å². The van der Waals surface area contributed by atoms with Crippen molar-refractivity contribution in [2.75, 3.05) is 195 Å². The minimum absolute atomic E-state index is 0.0922. The topological polar surface area (TPSA) is 413 Å². The monoisotopic (exact) mass is 1580 g/mol. The average molecular weight is 1580 g/mol. The van der Waals surface area contributed by atoms with Gasteiger partial charge in [-0.15, -0.1) is 0 Å². The van der Waals surface area contributed by atoms with Crippen molar-refractivity contribution < 1.29 is 191 Å². The summed E-state index contributed by atoms with van der Waals surface area (Å²) in [7, 11) is 28.8. The van der Waals surface area contributed by atoms with Gasteiger partial charge >= 0.3 is 0 Å². The summed E-state index contributed by atoms with van der Waals surface area (Å²) in [6.45, 7) is -3.11. The van der Waals surface area contributed by atoms with Crippen molar-refractivity contribution in [2.24, 2.45) is 0 Å². The second-order valence-corrected chi connectivity index (χ2v) is 26.9. The molecule has 30 fully saturated rings. The zero-order valence-corrected chi connectivity index (χ0v) is 65.2. The largest absolute Gasteiger partial charge is 0.394 e. The van der Waals surface area contributed by atoms with Gasteiger partial charge in [-0.3, -0.25) is 0 Å². The highest BCUT2D eigenvalue weighted by molar-refractivity contribution is 5.05. The summed E-state index contributed by atoms with van der Waals surface area (Å²) in [5.41, 5.74) is 0. The number of ether oxygens (including phenoxy) is 36. The maximum atomic E-state index is 11.3. The molecule has 30 aliphatic rings. The van der Waals surface area contributed by atoms with Crippen LogP contribution in [0.3, 0.4) is 0 Å². The molecule has 0 aromatic carbocycles. The van der Waals surface area contributed by atoms with Crippen LogP contribution in [0.15, 0.2) is 0 Å². The van der Waals surface area contributed by atoms with Gasteiger partial charge in [-0.25, -0.2) is 0 Å². The molecule has 30 rings (SSSR count). The van der Waals surface area contributed by atoms with E-state index in [0.717, 1.165) is 0 Å². The van der Waals surface area contributed by atoms with Gasteiger partial charge in [0.2, 0.25) is 0 Å². The Kier molecular flexibility index (Phi) is 36.4. The molecule has 0 aliphatic carbocycles. The van der Waals surface area contributed by atoms with Crippen molar-refractivity contribution in [1.29, 1.82) is 0 Å². The van der Waals surface area contributed by atoms with Gasteiger partial charge in [0, 0.05) is 142 Å². The van der Waals surface area contributed by atoms with Gasteiger partial charge in [0.1, 0.15) is 195 Å². The van der Waals surface area contributed by atoms with Crippen molar-refractivity contribution in [3.63, 3.8) is 0 Å². The van der Waals surface area contributed by atoms with Crippen LogP contribution in [-0.4, -0.2) is 461 Å². The molecule has 0 aromatic heterocycles. The smallest absolute Gasteiger partial charge is 0.187 e. The van der Waals surface area contributed by atoms with Crippen LogP contribution in [0.2, 0.25) is 0 Å². The molecule has 40 nitrogen and oxygen atoms in total. The first-order valence-electron chi connectivity index (χ1n) is 35.8. The van der Waals surface area contributed by atoms with E-state index in [2.05, 4.69) is 0 Å². The highest BCUT2D eigenvalue weighted by atomic mass is 16.8. The minimum atomic E-state index is -1.40. The summed E-state index contributed by atoms with van der Waals surface area (Å²) < 4.78 is 231. The van der Waals surface area contributed by atoms with Crippen LogP contribution >= 0.6 is 0 Å². The van der Waals surface area contributed by atoms with E-state index in [1.165, 1.54) is 142 Å². The summed E-state index contributed by atoms with van der Waals surface area (Å²) >= 11 is 0. The fourth-order valence-electron chi connectivity index (χ4n) is 16.4. The Bertz CT molecular complexity index is 2500. The lowest BCUT2D eigenvalue weighted by molar-refractivity contribution is -0.409. The van der Waals surface area contributed by atoms with Gasteiger partial charge in [-0.05, 0) is 0 Å². The van der Waals surface area contributed by atoms with Gasteiger partial charge in [-0.1, -0.05) is 0 Å². The molecule has 632 valence electrons. The normalized spacial score (nSPS) is 47.3. The third kappa shape index (κ3) is 19.0. The highest BCUT2D eigenvalue weighted by Crippen LogP contribution is 2.44. The van der Waals surface area contributed by atoms with Crippen molar-refractivity contribution in [3.8, 4) is 0 Å². The Morgan fingerprint density at radius 2 is 0.269 bits per heavy atom. The van der Waals surface area contributed by atoms with E-state index in [4.69, 9.17) is 171 Å². The van der Waals surface area contributed by atoms with Crippen molar-refractivity contribution in [3.05, 3.63) is 0 Å². The Hall–Kier alpha value is -1.60. The molecular weight excluding hydrogens is 1460 g/mol. The molecule has 0 radical (unpaired) electrons. The molecule has 0 spiro atoms. The fourth-order valence-corrected chi connectivity index (χ4v) is 16.4. The molecule has 0 unspecified atom stereocenters. The lowest BCUT2D eigenvalue weighted by atomic mass is 9.94. The molecule has 108 heavy (non-hydrogen) atoms. The first-order valence-corrected chi connectivity index (χ1v) is 35.8. The SMILES string of the molecule is COC[C@H]1O[C@@H]2O[C@H]3[C@H](OC)[C@@H](OC)[C@@H](O[C@H]4[C@H](OC)[C@@H](OC)[C@@H](O[C@H]5[C@H](OC)[C@@H](OC)[C@@H](O[C@H]6[C@H](OC)[C@@H](OC)[C@@H](O[C@H]7[C@H](OC)[C@@H](OC)[C@@H](O[C@H]8[C@H](OC)[C@@H](OC)[C@@H](O[C@H]9[C@H](OC)[C@@H](OC)[C@@H](O[C@H]1[C@H](OC)[C@H]2OC)O[C@@H]9CO)O[C@@H]8CO)O[C@@H]7COC)O[C@@H]6COC)O[C@@H]5COC)O[C@@H]4CO)O[C@@H]3CO. The molecule has 40 heteroatoms. The number of hydrogen-bond donors (Lipinski definition) is 4. The maximum Gasteiger partial charge on any atom is 0.187 e. The van der Waals surface area contributed by atoms with E-state index in [9.17, 15) is 20.4 Å². The van der Waals surface area contributed by atoms with Gasteiger partial charge in [0.25, 0.3) is 0 Å². The summed E-state index contributed by atoms with van der Waals surface area (Å²) in [5, 5.41) is 45.2. The van der Waals surface area contributed by atoms with Crippen molar-refractivity contribution in [1.82, 2.24) is 0 Å². The number of hydrogen-bond acceptors (Lipinski definition) is 40. The van der Waals surface area contributed by atoms with Crippen LogP contribution in [0.1, 0.15) is 0 Å². The van der Waals surface area contributed by atoms with E-state index in [0.29, 0.717) is 0 Å². The highest BCUT2D eigenvalue weighted by Gasteiger charge is 2.63. The molecule has 4 N–H and O–H groups in total. The van der Waals surface area contributed by atoms with Crippen LogP contribution < -0.4 is 0 Å². The van der Waals surface area contributed by atoms with E-state index in [1.54, 1.807) is 0 Å². The fraction of sp³-hybridized carbons (Fsp3) is 1.00. The third-order valence-electron chi connectivity index (χ3n) is 21.5. The minimum Gasteiger partial charge on any atom is -0.394 e. The number of rotatable bonds is 28. The predicted octanol–water partition coefficient (Wildman–Crippen LogP) is -4.32. The first kappa shape index (κ1) is 90.3. The Morgan fingerprint density at radius 3 is 0.370 bits per heavy atom. The lowest BCUT2D eigenvalue weighted by Crippen LogP contribution is -2.70. The van der Waals surface area contributed by atoms with Crippen LogP contribution in [-0.2, 0) is 171 Å². The predicted molar refractivity (Wildman–Crippen MR) is 357 cm³/mol. The summed E-state index contributed by atoms with van der Waals surface area (Å²) in [4.78, 5) is 0. The van der Waals surface area contributed by atoms with Crippen molar-refractivity contribution in [2.45, 2.75) is 246 Å². The summed E-state index contributed by atoms with van der Waals surface area (Å²) in [6.07, 6.45) is -46.7. The van der Waals surface area contributed by atoms with Gasteiger partial charge in [-0.2, -0.15) is 0 Å². The summed E-state index contributed by atoms with van der Waals surface area (Å²) in [5.74, 6) is 0. The van der Waals surface area contributed by atoms with Crippen LogP contribution in [0.5, 0.6) is 0 Å². The molecule has 16 bridgehead atoms. The third-order valence-corrected chi connectivity index (χ3v) is 21.5. The van der Waals surface area contributed by atoms with Gasteiger partial charge in [0.05, 0.1) is 52.9 Å². The molecule has 0 amide bonds. The Balaban J connectivity index is 1.10. The standard InChI is InChI=1S/C68H120O40/c1-73-25-33-41-49(81-9)57(89-17)65(97-33)103-39-31(23-71)93-61(53(85-13)47(39)79-7)102-38-30(22-70)96-64(56(88-16)46(38)78-6)106-42-34(26-74-2)99-67(59(91-19)50(42)82-10)108-44-36(28-76-4)100-68(60(92-20)52(44)84-12)107-43-35(27-75-3)98-66(58(90-18)51(43)83-11)104-40-32(24-72)94-62(54(86-14)48(40)80-8)101-37-29(21-69)95-63(105-41)55(87-15)45(37)77-5/h29-72H,21-28H2,1-20H3/t29-,30-,31-,32-,33-,34-,35-,36-,37-,38-,39-,40-,41-,42-,43-,44-,45+,46+,47+,48+,49+,50+,51+,52+,53-,54-,55-,56-,57-,58-,59-,60-,61-,62-,63-,64-,65-,66-,67-,68-/m1/s1. The zero-order valence-electron chi connectivity index (χ0n) is 65.2. The van der Waals surface area contributed by atoms with Crippen LogP contribution in [0, 0.1) is 0 Å². The second-order valence-electron chi connectivity index (χ2n) is 26.9. The molecule has 30 aliphatic heterocycles. The van der Waals surface area contributed by atoms with Gasteiger partial charge in [0.15, 0.2) is 50.3 Å². The molecule has 40 atom stereocenters.